The predicted molar refractivity (Wildman–Crippen MR) is 70.6 cm³/mol. The van der Waals surface area contributed by atoms with Crippen molar-refractivity contribution in [2.24, 2.45) is 0 Å². The van der Waals surface area contributed by atoms with Gasteiger partial charge in [-0.25, -0.2) is 4.98 Å². The lowest BCUT2D eigenvalue weighted by molar-refractivity contribution is 0.431. The molecule has 0 saturated heterocycles. The number of hydrogen-bond donors (Lipinski definition) is 0. The molecular formula is C11H10N4OS2. The Hall–Kier alpha value is -1.60. The van der Waals surface area contributed by atoms with Gasteiger partial charge in [0.1, 0.15) is 11.4 Å². The van der Waals surface area contributed by atoms with Crippen LogP contribution in [0.1, 0.15) is 24.8 Å². The van der Waals surface area contributed by atoms with Gasteiger partial charge in [-0.15, -0.1) is 11.3 Å². The molecule has 7 heteroatoms. The first-order valence-corrected chi connectivity index (χ1v) is 7.16. The molecule has 0 amide bonds. The monoisotopic (exact) mass is 278 g/mol. The number of rotatable bonds is 3. The van der Waals surface area contributed by atoms with Crippen LogP contribution < -0.4 is 0 Å². The van der Waals surface area contributed by atoms with Crippen molar-refractivity contribution >= 4 is 22.9 Å². The SMILES string of the molecule is CC(C)c1nc(-c2noc(-c3ccsn3)n2)cs1. The van der Waals surface area contributed by atoms with E-state index in [4.69, 9.17) is 4.52 Å². The third-order valence-corrected chi connectivity index (χ3v) is 4.03. The van der Waals surface area contributed by atoms with Crippen molar-refractivity contribution < 1.29 is 4.52 Å². The van der Waals surface area contributed by atoms with Crippen molar-refractivity contribution in [1.29, 1.82) is 0 Å². The minimum atomic E-state index is 0.411. The Kier molecular flexibility index (Phi) is 2.92. The van der Waals surface area contributed by atoms with Crippen molar-refractivity contribution in [3.8, 4) is 23.1 Å². The number of hydrogen-bond acceptors (Lipinski definition) is 7. The molecule has 0 aromatic carbocycles. The fourth-order valence-corrected chi connectivity index (χ4v) is 2.73. The lowest BCUT2D eigenvalue weighted by Crippen LogP contribution is -1.86. The third kappa shape index (κ3) is 2.06. The fourth-order valence-electron chi connectivity index (χ4n) is 1.41. The summed E-state index contributed by atoms with van der Waals surface area (Å²) >= 11 is 2.97. The van der Waals surface area contributed by atoms with Crippen LogP contribution in [-0.2, 0) is 0 Å². The smallest absolute Gasteiger partial charge is 0.277 e. The quantitative estimate of drug-likeness (QED) is 0.734. The summed E-state index contributed by atoms with van der Waals surface area (Å²) in [5, 5.41) is 8.84. The molecule has 18 heavy (non-hydrogen) atoms. The van der Waals surface area contributed by atoms with Crippen molar-refractivity contribution in [1.82, 2.24) is 19.5 Å². The zero-order valence-corrected chi connectivity index (χ0v) is 11.5. The fraction of sp³-hybridized carbons (Fsp3) is 0.273. The average Bonchev–Trinajstić information content (AvgIpc) is 3.10. The first-order valence-electron chi connectivity index (χ1n) is 5.44. The van der Waals surface area contributed by atoms with Gasteiger partial charge in [-0.3, -0.25) is 0 Å². The van der Waals surface area contributed by atoms with E-state index >= 15 is 0 Å². The highest BCUT2D eigenvalue weighted by molar-refractivity contribution is 7.10. The van der Waals surface area contributed by atoms with Crippen LogP contribution in [0, 0.1) is 0 Å². The van der Waals surface area contributed by atoms with Gasteiger partial charge in [-0.2, -0.15) is 9.36 Å². The number of aromatic nitrogens is 4. The molecule has 0 N–H and O–H groups in total. The molecule has 0 bridgehead atoms. The first kappa shape index (κ1) is 11.5. The van der Waals surface area contributed by atoms with Gasteiger partial charge in [0.25, 0.3) is 5.89 Å². The van der Waals surface area contributed by atoms with Crippen LogP contribution in [0.25, 0.3) is 23.1 Å². The van der Waals surface area contributed by atoms with Gasteiger partial charge in [-0.1, -0.05) is 19.0 Å². The maximum atomic E-state index is 5.18. The summed E-state index contributed by atoms with van der Waals surface area (Å²) in [6.07, 6.45) is 0. The summed E-state index contributed by atoms with van der Waals surface area (Å²) in [4.78, 5) is 8.80. The third-order valence-electron chi connectivity index (χ3n) is 2.33. The van der Waals surface area contributed by atoms with Gasteiger partial charge in [0.05, 0.1) is 5.01 Å². The topological polar surface area (TPSA) is 64.7 Å². The summed E-state index contributed by atoms with van der Waals surface area (Å²) in [5.74, 6) is 1.36. The zero-order valence-electron chi connectivity index (χ0n) is 9.82. The molecule has 0 spiro atoms. The van der Waals surface area contributed by atoms with E-state index in [1.54, 1.807) is 11.3 Å². The summed E-state index contributed by atoms with van der Waals surface area (Å²) < 4.78 is 9.34. The zero-order chi connectivity index (χ0) is 12.5. The molecule has 3 aromatic heterocycles. The van der Waals surface area contributed by atoms with Crippen LogP contribution >= 0.6 is 22.9 Å². The average molecular weight is 278 g/mol. The van der Waals surface area contributed by atoms with Gasteiger partial charge in [0.15, 0.2) is 0 Å². The van der Waals surface area contributed by atoms with Gasteiger partial charge < -0.3 is 4.52 Å². The highest BCUT2D eigenvalue weighted by Crippen LogP contribution is 2.26. The molecule has 0 fully saturated rings. The largest absolute Gasteiger partial charge is 0.332 e. The Balaban J connectivity index is 1.93. The summed E-state index contributed by atoms with van der Waals surface area (Å²) in [6.45, 7) is 4.22. The molecule has 0 aliphatic carbocycles. The van der Waals surface area contributed by atoms with E-state index in [0.29, 0.717) is 23.3 Å². The van der Waals surface area contributed by atoms with Crippen LogP contribution in [0.5, 0.6) is 0 Å². The minimum Gasteiger partial charge on any atom is -0.332 e. The van der Waals surface area contributed by atoms with Crippen molar-refractivity contribution in [3.63, 3.8) is 0 Å². The van der Waals surface area contributed by atoms with E-state index < -0.39 is 0 Å². The van der Waals surface area contributed by atoms with E-state index in [2.05, 4.69) is 33.3 Å². The Bertz CT molecular complexity index is 642. The van der Waals surface area contributed by atoms with Crippen LogP contribution in [0.3, 0.4) is 0 Å². The van der Waals surface area contributed by atoms with Crippen molar-refractivity contribution in [3.05, 3.63) is 21.8 Å². The summed E-state index contributed by atoms with van der Waals surface area (Å²) in [6, 6.07) is 1.85. The summed E-state index contributed by atoms with van der Waals surface area (Å²) in [5.41, 5.74) is 1.46. The van der Waals surface area contributed by atoms with Gasteiger partial charge in [-0.05, 0) is 17.6 Å². The second kappa shape index (κ2) is 4.58. The highest BCUT2D eigenvalue weighted by Gasteiger charge is 2.15. The summed E-state index contributed by atoms with van der Waals surface area (Å²) in [7, 11) is 0. The molecule has 0 atom stereocenters. The molecule has 0 aliphatic rings. The van der Waals surface area contributed by atoms with E-state index in [0.717, 1.165) is 10.7 Å². The Morgan fingerprint density at radius 3 is 2.78 bits per heavy atom. The minimum absolute atomic E-state index is 0.411. The molecule has 0 aliphatic heterocycles. The first-order chi connectivity index (χ1) is 8.74. The molecular weight excluding hydrogens is 268 g/mol. The van der Waals surface area contributed by atoms with E-state index in [9.17, 15) is 0 Å². The van der Waals surface area contributed by atoms with E-state index in [1.807, 2.05) is 16.8 Å². The lowest BCUT2D eigenvalue weighted by atomic mass is 10.2. The van der Waals surface area contributed by atoms with Gasteiger partial charge >= 0.3 is 0 Å². The molecule has 3 heterocycles. The molecule has 0 radical (unpaired) electrons. The standard InChI is InChI=1S/C11H10N4OS2/c1-6(2)11-12-8(5-17-11)9-13-10(16-14-9)7-3-4-18-15-7/h3-6H,1-2H3. The molecule has 5 nitrogen and oxygen atoms in total. The van der Waals surface area contributed by atoms with Crippen LogP contribution in [0.2, 0.25) is 0 Å². The highest BCUT2D eigenvalue weighted by atomic mass is 32.1. The van der Waals surface area contributed by atoms with Crippen molar-refractivity contribution in [2.75, 3.05) is 0 Å². The number of nitrogens with zero attached hydrogens (tertiary/aromatic N) is 4. The maximum absolute atomic E-state index is 5.18. The van der Waals surface area contributed by atoms with Gasteiger partial charge in [0, 0.05) is 16.7 Å². The molecule has 0 saturated carbocycles. The normalized spacial score (nSPS) is 11.3. The van der Waals surface area contributed by atoms with Crippen LogP contribution in [0.4, 0.5) is 0 Å². The molecule has 3 rings (SSSR count). The van der Waals surface area contributed by atoms with Crippen LogP contribution in [0.15, 0.2) is 21.3 Å². The second-order valence-corrected chi connectivity index (χ2v) is 5.59. The van der Waals surface area contributed by atoms with Gasteiger partial charge in [0.2, 0.25) is 5.82 Å². The number of thiazole rings is 1. The van der Waals surface area contributed by atoms with E-state index in [-0.39, 0.29) is 0 Å². The Morgan fingerprint density at radius 2 is 2.11 bits per heavy atom. The Morgan fingerprint density at radius 1 is 1.22 bits per heavy atom. The molecule has 92 valence electrons. The Labute approximate surface area is 112 Å². The van der Waals surface area contributed by atoms with E-state index in [1.165, 1.54) is 11.5 Å². The predicted octanol–water partition coefficient (Wildman–Crippen LogP) is 3.44. The second-order valence-electron chi connectivity index (χ2n) is 4.03. The molecule has 3 aromatic rings. The molecule has 0 unspecified atom stereocenters. The maximum Gasteiger partial charge on any atom is 0.277 e. The lowest BCUT2D eigenvalue weighted by Gasteiger charge is -1.95. The van der Waals surface area contributed by atoms with Crippen molar-refractivity contribution in [2.45, 2.75) is 19.8 Å². The van der Waals surface area contributed by atoms with Crippen LogP contribution in [-0.4, -0.2) is 19.5 Å².